The summed E-state index contributed by atoms with van der Waals surface area (Å²) in [7, 11) is 0. The predicted molar refractivity (Wildman–Crippen MR) is 129 cm³/mol. The minimum absolute atomic E-state index is 0.0179. The lowest BCUT2D eigenvalue weighted by Crippen LogP contribution is -2.31. The van der Waals surface area contributed by atoms with Crippen LogP contribution < -0.4 is 10.2 Å². The topological polar surface area (TPSA) is 66.5 Å². The van der Waals surface area contributed by atoms with Gasteiger partial charge in [0.2, 0.25) is 17.7 Å². The van der Waals surface area contributed by atoms with E-state index in [1.54, 1.807) is 24.3 Å². The molecular weight excluding hydrogens is 400 g/mol. The van der Waals surface area contributed by atoms with E-state index in [0.717, 1.165) is 12.8 Å². The van der Waals surface area contributed by atoms with Crippen molar-refractivity contribution in [3.05, 3.63) is 36.4 Å². The number of allylic oxidation sites excluding steroid dienone is 2. The number of benzene rings is 1. The van der Waals surface area contributed by atoms with Gasteiger partial charge in [0.15, 0.2) is 0 Å². The van der Waals surface area contributed by atoms with Gasteiger partial charge in [0.1, 0.15) is 0 Å². The fourth-order valence-corrected chi connectivity index (χ4v) is 4.94. The van der Waals surface area contributed by atoms with Crippen molar-refractivity contribution in [1.82, 2.24) is 0 Å². The smallest absolute Gasteiger partial charge is 0.238 e. The first kappa shape index (κ1) is 24.2. The van der Waals surface area contributed by atoms with E-state index in [1.807, 2.05) is 19.1 Å². The third-order valence-corrected chi connectivity index (χ3v) is 6.77. The minimum Gasteiger partial charge on any atom is -0.326 e. The van der Waals surface area contributed by atoms with Crippen molar-refractivity contribution in [2.24, 2.45) is 17.8 Å². The molecule has 1 N–H and O–H groups in total. The first-order chi connectivity index (χ1) is 15.5. The number of nitrogens with one attached hydrogen (secondary N) is 1. The molecule has 2 aliphatic rings. The Bertz CT molecular complexity index is 832. The predicted octanol–water partition coefficient (Wildman–Crippen LogP) is 6.25. The average molecular weight is 439 g/mol. The van der Waals surface area contributed by atoms with Crippen molar-refractivity contribution in [3.8, 4) is 0 Å². The number of hydrogen-bond donors (Lipinski definition) is 1. The number of anilines is 2. The molecule has 0 radical (unpaired) electrons. The molecule has 3 atom stereocenters. The molecule has 5 heteroatoms. The molecule has 0 aromatic heterocycles. The number of amides is 3. The minimum atomic E-state index is -0.280. The summed E-state index contributed by atoms with van der Waals surface area (Å²) in [5.74, 6) is -0.765. The Morgan fingerprint density at radius 1 is 1.00 bits per heavy atom. The molecule has 0 bridgehead atoms. The van der Waals surface area contributed by atoms with Crippen LogP contribution in [0.5, 0.6) is 0 Å². The summed E-state index contributed by atoms with van der Waals surface area (Å²) in [5.41, 5.74) is 1.17. The molecule has 1 fully saturated rings. The Balaban J connectivity index is 1.46. The van der Waals surface area contributed by atoms with Crippen LogP contribution in [0.15, 0.2) is 36.4 Å². The number of rotatable bonds is 12. The molecule has 5 nitrogen and oxygen atoms in total. The van der Waals surface area contributed by atoms with E-state index < -0.39 is 0 Å². The van der Waals surface area contributed by atoms with Crippen LogP contribution in [0.3, 0.4) is 0 Å². The number of nitrogens with zero attached hydrogens (tertiary/aromatic N) is 1. The second kappa shape index (κ2) is 12.0. The lowest BCUT2D eigenvalue weighted by Gasteiger charge is -2.22. The van der Waals surface area contributed by atoms with Gasteiger partial charge in [0.05, 0.1) is 17.5 Å². The second-order valence-electron chi connectivity index (χ2n) is 9.34. The summed E-state index contributed by atoms with van der Waals surface area (Å²) >= 11 is 0. The molecule has 32 heavy (non-hydrogen) atoms. The lowest BCUT2D eigenvalue weighted by molar-refractivity contribution is -0.122. The highest BCUT2D eigenvalue weighted by Crippen LogP contribution is 2.40. The monoisotopic (exact) mass is 438 g/mol. The van der Waals surface area contributed by atoms with E-state index in [-0.39, 0.29) is 35.5 Å². The number of carbonyl (C=O) groups is 3. The molecule has 3 amide bonds. The van der Waals surface area contributed by atoms with Crippen molar-refractivity contribution in [2.45, 2.75) is 84.5 Å². The highest BCUT2D eigenvalue weighted by Gasteiger charge is 2.50. The van der Waals surface area contributed by atoms with Gasteiger partial charge < -0.3 is 5.32 Å². The summed E-state index contributed by atoms with van der Waals surface area (Å²) < 4.78 is 0. The van der Waals surface area contributed by atoms with Gasteiger partial charge in [-0.15, -0.1) is 0 Å². The standard InChI is InChI=1S/C27H38N2O3/c1-3-4-5-6-7-8-9-10-11-18-24(30)28-21-15-13-16-22(19-21)29-26(31)23-17-12-14-20(2)25(23)27(29)32/h12-16,19-20,23,25H,3-11,17-18H2,1-2H3,(H,28,30)/t20-,23-,25-/m1/s1. The zero-order chi connectivity index (χ0) is 22.9. The quantitative estimate of drug-likeness (QED) is 0.238. The number of fused-ring (bicyclic) bond motifs is 1. The van der Waals surface area contributed by atoms with Crippen molar-refractivity contribution in [1.29, 1.82) is 0 Å². The third kappa shape index (κ3) is 6.08. The molecule has 1 aliphatic carbocycles. The molecule has 1 heterocycles. The van der Waals surface area contributed by atoms with Crippen LogP contribution in [0.1, 0.15) is 84.5 Å². The van der Waals surface area contributed by atoms with E-state index >= 15 is 0 Å². The first-order valence-corrected chi connectivity index (χ1v) is 12.5. The number of imide groups is 1. The second-order valence-corrected chi connectivity index (χ2v) is 9.34. The Hall–Kier alpha value is -2.43. The molecule has 3 rings (SSSR count). The fraction of sp³-hybridized carbons (Fsp3) is 0.593. The van der Waals surface area contributed by atoms with E-state index in [4.69, 9.17) is 0 Å². The molecule has 1 aromatic carbocycles. The van der Waals surface area contributed by atoms with Gasteiger partial charge >= 0.3 is 0 Å². The van der Waals surface area contributed by atoms with Gasteiger partial charge in [-0.05, 0) is 37.0 Å². The summed E-state index contributed by atoms with van der Waals surface area (Å²) in [6, 6.07) is 7.09. The van der Waals surface area contributed by atoms with E-state index in [9.17, 15) is 14.4 Å². The molecule has 0 spiro atoms. The molecule has 0 saturated carbocycles. The fourth-order valence-electron chi connectivity index (χ4n) is 4.94. The number of unbranched alkanes of at least 4 members (excludes halogenated alkanes) is 8. The van der Waals surface area contributed by atoms with Crippen LogP contribution in [-0.2, 0) is 14.4 Å². The van der Waals surface area contributed by atoms with Crippen molar-refractivity contribution < 1.29 is 14.4 Å². The summed E-state index contributed by atoms with van der Waals surface area (Å²) in [5, 5.41) is 2.93. The van der Waals surface area contributed by atoms with Crippen LogP contribution in [0.4, 0.5) is 11.4 Å². The average Bonchev–Trinajstić information content (AvgIpc) is 3.04. The van der Waals surface area contributed by atoms with E-state index in [0.29, 0.717) is 24.2 Å². The SMILES string of the molecule is CCCCCCCCCCCC(=O)Nc1cccc(N2C(=O)[C@@H]3[C@H](C)C=CC[C@H]3C2=O)c1. The van der Waals surface area contributed by atoms with Gasteiger partial charge in [0.25, 0.3) is 0 Å². The largest absolute Gasteiger partial charge is 0.326 e. The van der Waals surface area contributed by atoms with Crippen LogP contribution >= 0.6 is 0 Å². The highest BCUT2D eigenvalue weighted by molar-refractivity contribution is 6.22. The van der Waals surface area contributed by atoms with Crippen molar-refractivity contribution >= 4 is 29.1 Å². The Labute approximate surface area is 192 Å². The van der Waals surface area contributed by atoms with Crippen molar-refractivity contribution in [2.75, 3.05) is 10.2 Å². The molecule has 1 aliphatic heterocycles. The Morgan fingerprint density at radius 3 is 2.38 bits per heavy atom. The molecule has 1 saturated heterocycles. The molecular formula is C27H38N2O3. The molecule has 174 valence electrons. The van der Waals surface area contributed by atoms with E-state index in [2.05, 4.69) is 12.2 Å². The zero-order valence-electron chi connectivity index (χ0n) is 19.6. The maximum Gasteiger partial charge on any atom is 0.238 e. The molecule has 1 aromatic rings. The number of carbonyl (C=O) groups excluding carboxylic acids is 3. The van der Waals surface area contributed by atoms with Crippen molar-refractivity contribution in [3.63, 3.8) is 0 Å². The van der Waals surface area contributed by atoms with Gasteiger partial charge in [-0.1, -0.05) is 83.4 Å². The van der Waals surface area contributed by atoms with Crippen LogP contribution in [0, 0.1) is 17.8 Å². The summed E-state index contributed by atoms with van der Waals surface area (Å²) in [6.45, 7) is 4.22. The number of hydrogen-bond acceptors (Lipinski definition) is 3. The van der Waals surface area contributed by atoms with Gasteiger partial charge in [0, 0.05) is 12.1 Å². The maximum absolute atomic E-state index is 13.0. The van der Waals surface area contributed by atoms with E-state index in [1.165, 1.54) is 49.8 Å². The molecule has 0 unspecified atom stereocenters. The van der Waals surface area contributed by atoms with Gasteiger partial charge in [-0.3, -0.25) is 14.4 Å². The highest BCUT2D eigenvalue weighted by atomic mass is 16.2. The summed E-state index contributed by atoms with van der Waals surface area (Å²) in [6.07, 6.45) is 16.1. The van der Waals surface area contributed by atoms with Gasteiger partial charge in [-0.25, -0.2) is 4.90 Å². The third-order valence-electron chi connectivity index (χ3n) is 6.77. The maximum atomic E-state index is 13.0. The Kier molecular flexibility index (Phi) is 9.07. The van der Waals surface area contributed by atoms with Crippen LogP contribution in [0.2, 0.25) is 0 Å². The zero-order valence-corrected chi connectivity index (χ0v) is 19.6. The van der Waals surface area contributed by atoms with Crippen LogP contribution in [-0.4, -0.2) is 17.7 Å². The van der Waals surface area contributed by atoms with Gasteiger partial charge in [-0.2, -0.15) is 0 Å². The van der Waals surface area contributed by atoms with Crippen LogP contribution in [0.25, 0.3) is 0 Å². The normalized spacial score (nSPS) is 22.3. The summed E-state index contributed by atoms with van der Waals surface area (Å²) in [4.78, 5) is 39.6. The lowest BCUT2D eigenvalue weighted by atomic mass is 9.78. The first-order valence-electron chi connectivity index (χ1n) is 12.5. The Morgan fingerprint density at radius 2 is 1.69 bits per heavy atom.